The summed E-state index contributed by atoms with van der Waals surface area (Å²) in [6.07, 6.45) is 4.00. The molecule has 3 aliphatic rings. The number of ether oxygens (including phenoxy) is 2. The third-order valence-electron chi connectivity index (χ3n) is 7.49. The molecule has 7 nitrogen and oxygen atoms in total. The van der Waals surface area contributed by atoms with Crippen molar-refractivity contribution in [3.63, 3.8) is 0 Å². The molecule has 1 aliphatic carbocycles. The molecule has 5 rings (SSSR count). The molecule has 37 heavy (non-hydrogen) atoms. The first kappa shape index (κ1) is 25.9. The van der Waals surface area contributed by atoms with Gasteiger partial charge in [-0.05, 0) is 91.6 Å². The van der Waals surface area contributed by atoms with Crippen molar-refractivity contribution in [2.24, 2.45) is 0 Å². The summed E-state index contributed by atoms with van der Waals surface area (Å²) in [5.41, 5.74) is 4.25. The molecule has 0 spiro atoms. The molecule has 2 heterocycles. The van der Waals surface area contributed by atoms with Gasteiger partial charge in [-0.2, -0.15) is 0 Å². The molecule has 1 N–H and O–H groups in total. The smallest absolute Gasteiger partial charge is 0.410 e. The molecule has 8 heteroatoms. The minimum Gasteiger partial charge on any atom is -0.445 e. The van der Waals surface area contributed by atoms with Crippen molar-refractivity contribution >= 4 is 33.8 Å². The predicted molar refractivity (Wildman–Crippen MR) is 147 cm³/mol. The highest BCUT2D eigenvalue weighted by Gasteiger charge is 2.44. The van der Waals surface area contributed by atoms with Crippen LogP contribution in [0.3, 0.4) is 0 Å². The molecule has 198 valence electrons. The van der Waals surface area contributed by atoms with Gasteiger partial charge in [0.15, 0.2) is 0 Å². The van der Waals surface area contributed by atoms with Crippen molar-refractivity contribution < 1.29 is 19.1 Å². The van der Waals surface area contributed by atoms with Crippen LogP contribution in [0.25, 0.3) is 0 Å². The van der Waals surface area contributed by atoms with Crippen LogP contribution in [0.15, 0.2) is 46.9 Å². The Labute approximate surface area is 227 Å². The Morgan fingerprint density at radius 3 is 2.41 bits per heavy atom. The number of carbonyl (C=O) groups excluding carboxylic acids is 2. The van der Waals surface area contributed by atoms with Crippen LogP contribution < -0.4 is 10.2 Å². The van der Waals surface area contributed by atoms with Crippen molar-refractivity contribution in [3.05, 3.63) is 63.6 Å². The highest BCUT2D eigenvalue weighted by Crippen LogP contribution is 2.40. The molecule has 2 aromatic rings. The number of carbonyl (C=O) groups is 2. The summed E-state index contributed by atoms with van der Waals surface area (Å²) in [5.74, 6) is 0. The number of rotatable bonds is 4. The predicted octanol–water partition coefficient (Wildman–Crippen LogP) is 5.82. The first-order valence-corrected chi connectivity index (χ1v) is 14.0. The van der Waals surface area contributed by atoms with E-state index in [1.54, 1.807) is 0 Å². The topological polar surface area (TPSA) is 71.1 Å². The van der Waals surface area contributed by atoms with Crippen LogP contribution in [0, 0.1) is 0 Å². The molecule has 2 aromatic carbocycles. The van der Waals surface area contributed by atoms with Gasteiger partial charge in [0.1, 0.15) is 12.2 Å². The SMILES string of the molecule is CC(C)(C)OC(=O)N1C2CCC1CN(c1ccc3c(c1Br)CCC(NC(=O)OCc1ccccc1)C3)C2. The van der Waals surface area contributed by atoms with Gasteiger partial charge in [-0.25, -0.2) is 9.59 Å². The third-order valence-corrected chi connectivity index (χ3v) is 8.38. The molecule has 0 aromatic heterocycles. The van der Waals surface area contributed by atoms with E-state index in [0.29, 0.717) is 0 Å². The lowest BCUT2D eigenvalue weighted by Crippen LogP contribution is -2.56. The number of halogens is 1. The Kier molecular flexibility index (Phi) is 7.39. The monoisotopic (exact) mass is 569 g/mol. The summed E-state index contributed by atoms with van der Waals surface area (Å²) in [4.78, 5) is 29.6. The van der Waals surface area contributed by atoms with Gasteiger partial charge in [-0.15, -0.1) is 0 Å². The second-order valence-electron chi connectivity index (χ2n) is 11.4. The normalized spacial score (nSPS) is 22.9. The van der Waals surface area contributed by atoms with Gasteiger partial charge in [0.2, 0.25) is 0 Å². The average Bonchev–Trinajstić information content (AvgIpc) is 3.12. The fourth-order valence-electron chi connectivity index (χ4n) is 5.81. The first-order valence-electron chi connectivity index (χ1n) is 13.2. The van der Waals surface area contributed by atoms with Gasteiger partial charge in [-0.3, -0.25) is 4.90 Å². The van der Waals surface area contributed by atoms with Crippen LogP contribution >= 0.6 is 15.9 Å². The summed E-state index contributed by atoms with van der Waals surface area (Å²) in [5, 5.41) is 3.04. The number of piperazine rings is 1. The number of hydrogen-bond donors (Lipinski definition) is 1. The Morgan fingerprint density at radius 1 is 1.03 bits per heavy atom. The van der Waals surface area contributed by atoms with Crippen LogP contribution in [-0.2, 0) is 28.9 Å². The maximum atomic E-state index is 12.8. The summed E-state index contributed by atoms with van der Waals surface area (Å²) in [6.45, 7) is 7.65. The zero-order valence-electron chi connectivity index (χ0n) is 21.8. The largest absolute Gasteiger partial charge is 0.445 e. The van der Waals surface area contributed by atoms with Crippen LogP contribution in [0.4, 0.5) is 15.3 Å². The van der Waals surface area contributed by atoms with E-state index >= 15 is 0 Å². The molecule has 0 radical (unpaired) electrons. The van der Waals surface area contributed by atoms with E-state index in [1.807, 2.05) is 56.0 Å². The average molecular weight is 571 g/mol. The maximum absolute atomic E-state index is 12.8. The van der Waals surface area contributed by atoms with E-state index < -0.39 is 5.60 Å². The van der Waals surface area contributed by atoms with Crippen molar-refractivity contribution in [2.45, 2.75) is 83.2 Å². The number of alkyl carbamates (subject to hydrolysis) is 1. The highest BCUT2D eigenvalue weighted by molar-refractivity contribution is 9.10. The molecule has 2 bridgehead atoms. The Balaban J connectivity index is 1.20. The zero-order valence-corrected chi connectivity index (χ0v) is 23.4. The highest BCUT2D eigenvalue weighted by atomic mass is 79.9. The van der Waals surface area contributed by atoms with Crippen LogP contribution in [-0.4, -0.2) is 53.9 Å². The molecule has 0 saturated carbocycles. The van der Waals surface area contributed by atoms with E-state index in [-0.39, 0.29) is 36.9 Å². The second-order valence-corrected chi connectivity index (χ2v) is 12.2. The lowest BCUT2D eigenvalue weighted by molar-refractivity contribution is 0.0123. The fourth-order valence-corrected chi connectivity index (χ4v) is 6.64. The van der Waals surface area contributed by atoms with Gasteiger partial charge in [0.05, 0.1) is 17.8 Å². The molecule has 3 unspecified atom stereocenters. The van der Waals surface area contributed by atoms with Crippen molar-refractivity contribution in [3.8, 4) is 0 Å². The number of benzene rings is 2. The van der Waals surface area contributed by atoms with Gasteiger partial charge in [0.25, 0.3) is 0 Å². The van der Waals surface area contributed by atoms with Crippen LogP contribution in [0.2, 0.25) is 0 Å². The molecule has 3 atom stereocenters. The number of fused-ring (bicyclic) bond motifs is 3. The molecule has 2 amide bonds. The van der Waals surface area contributed by atoms with Gasteiger partial charge in [0, 0.05) is 23.6 Å². The maximum Gasteiger partial charge on any atom is 0.410 e. The number of hydrogen-bond acceptors (Lipinski definition) is 5. The van der Waals surface area contributed by atoms with E-state index in [1.165, 1.54) is 16.8 Å². The van der Waals surface area contributed by atoms with Crippen molar-refractivity contribution in [2.75, 3.05) is 18.0 Å². The lowest BCUT2D eigenvalue weighted by atomic mass is 9.87. The Hall–Kier alpha value is -2.74. The lowest BCUT2D eigenvalue weighted by Gasteiger charge is -2.43. The first-order chi connectivity index (χ1) is 17.7. The second kappa shape index (κ2) is 10.6. The Morgan fingerprint density at radius 2 is 1.73 bits per heavy atom. The van der Waals surface area contributed by atoms with E-state index in [0.717, 1.165) is 55.2 Å². The molecule has 2 aliphatic heterocycles. The summed E-state index contributed by atoms with van der Waals surface area (Å²) in [7, 11) is 0. The molecular formula is C29H36BrN3O4. The molecule has 2 fully saturated rings. The van der Waals surface area contributed by atoms with Gasteiger partial charge >= 0.3 is 12.2 Å². The van der Waals surface area contributed by atoms with Crippen LogP contribution in [0.1, 0.15) is 56.7 Å². The number of nitrogens with one attached hydrogen (secondary N) is 1. The van der Waals surface area contributed by atoms with Crippen molar-refractivity contribution in [1.29, 1.82) is 0 Å². The van der Waals surface area contributed by atoms with Crippen molar-refractivity contribution in [1.82, 2.24) is 10.2 Å². The van der Waals surface area contributed by atoms with E-state index in [4.69, 9.17) is 9.47 Å². The van der Waals surface area contributed by atoms with E-state index in [2.05, 4.69) is 38.3 Å². The molecule has 2 saturated heterocycles. The van der Waals surface area contributed by atoms with E-state index in [9.17, 15) is 9.59 Å². The molecular weight excluding hydrogens is 534 g/mol. The number of anilines is 1. The number of amides is 2. The fraction of sp³-hybridized carbons (Fsp3) is 0.517. The standard InChI is InChI=1S/C29H36BrN3O4/c1-29(2,3)37-28(35)33-22-11-12-23(33)17-32(16-22)25-14-9-20-15-21(10-13-24(20)26(25)30)31-27(34)36-18-19-7-5-4-6-8-19/h4-9,14,21-23H,10-13,15-18H2,1-3H3,(H,31,34). The minimum atomic E-state index is -0.486. The van der Waals surface area contributed by atoms with Crippen LogP contribution in [0.5, 0.6) is 0 Å². The summed E-state index contributed by atoms with van der Waals surface area (Å²) < 4.78 is 12.2. The third kappa shape index (κ3) is 5.89. The van der Waals surface area contributed by atoms with Gasteiger partial charge in [-0.1, -0.05) is 36.4 Å². The summed E-state index contributed by atoms with van der Waals surface area (Å²) in [6, 6.07) is 14.5. The Bertz CT molecular complexity index is 1140. The minimum absolute atomic E-state index is 0.0572. The number of nitrogens with zero attached hydrogens (tertiary/aromatic N) is 2. The zero-order chi connectivity index (χ0) is 26.2. The van der Waals surface area contributed by atoms with Gasteiger partial charge < -0.3 is 19.7 Å². The quantitative estimate of drug-likeness (QED) is 0.502. The summed E-state index contributed by atoms with van der Waals surface area (Å²) >= 11 is 3.91.